The van der Waals surface area contributed by atoms with E-state index in [1.165, 1.54) is 0 Å². The average molecular weight is 321 g/mol. The maximum absolute atomic E-state index is 7.32. The summed E-state index contributed by atoms with van der Waals surface area (Å²) in [5.41, 5.74) is 6.06. The summed E-state index contributed by atoms with van der Waals surface area (Å²) in [5.74, 6) is 2.16. The lowest BCUT2D eigenvalue weighted by atomic mass is 10.2. The second kappa shape index (κ2) is 5.75. The maximum Gasteiger partial charge on any atom is 0.141 e. The second-order valence-corrected chi connectivity index (χ2v) is 4.69. The molecule has 98 valence electrons. The number of nitrogens with two attached hydrogens (primary N) is 1. The molecule has 19 heavy (non-hydrogen) atoms. The fourth-order valence-electron chi connectivity index (χ4n) is 1.52. The molecule has 0 amide bonds. The minimum absolute atomic E-state index is 0.0391. The Labute approximate surface area is 119 Å². The highest BCUT2D eigenvalue weighted by Gasteiger charge is 2.05. The van der Waals surface area contributed by atoms with E-state index in [1.54, 1.807) is 31.4 Å². The quantitative estimate of drug-likeness (QED) is 0.668. The second-order valence-electron chi connectivity index (χ2n) is 3.84. The Bertz CT molecular complexity index is 597. The van der Waals surface area contributed by atoms with Gasteiger partial charge in [-0.05, 0) is 58.4 Å². The zero-order valence-electron chi connectivity index (χ0n) is 10.3. The van der Waals surface area contributed by atoms with Crippen LogP contribution in [0.15, 0.2) is 46.9 Å². The molecular formula is C14H13BrN2O2. The molecule has 4 nitrogen and oxygen atoms in total. The number of nitrogen functional groups attached to an aromatic ring is 1. The number of halogens is 1. The zero-order valence-corrected chi connectivity index (χ0v) is 11.9. The minimum Gasteiger partial charge on any atom is -0.497 e. The van der Waals surface area contributed by atoms with Gasteiger partial charge in [0.15, 0.2) is 0 Å². The van der Waals surface area contributed by atoms with Gasteiger partial charge < -0.3 is 15.2 Å². The van der Waals surface area contributed by atoms with E-state index in [4.69, 9.17) is 20.6 Å². The van der Waals surface area contributed by atoms with E-state index >= 15 is 0 Å². The monoisotopic (exact) mass is 320 g/mol. The summed E-state index contributed by atoms with van der Waals surface area (Å²) in [4.78, 5) is 0. The molecule has 2 aromatic carbocycles. The van der Waals surface area contributed by atoms with Crippen molar-refractivity contribution < 1.29 is 9.47 Å². The van der Waals surface area contributed by atoms with Gasteiger partial charge in [-0.25, -0.2) is 0 Å². The summed E-state index contributed by atoms with van der Waals surface area (Å²) < 4.78 is 11.7. The van der Waals surface area contributed by atoms with Crippen LogP contribution in [0.4, 0.5) is 0 Å². The molecule has 0 aliphatic heterocycles. The molecule has 0 bridgehead atoms. The number of hydrogen-bond acceptors (Lipinski definition) is 3. The maximum atomic E-state index is 7.32. The lowest BCUT2D eigenvalue weighted by molar-refractivity contribution is 0.412. The lowest BCUT2D eigenvalue weighted by Crippen LogP contribution is -2.10. The van der Waals surface area contributed by atoms with Crippen LogP contribution in [0.3, 0.4) is 0 Å². The van der Waals surface area contributed by atoms with E-state index in [1.807, 2.05) is 18.2 Å². The van der Waals surface area contributed by atoms with Gasteiger partial charge in [0.2, 0.25) is 0 Å². The number of amidine groups is 1. The van der Waals surface area contributed by atoms with Crippen LogP contribution in [0.2, 0.25) is 0 Å². The molecule has 2 rings (SSSR count). The van der Waals surface area contributed by atoms with Gasteiger partial charge in [0.1, 0.15) is 23.1 Å². The normalized spacial score (nSPS) is 10.0. The van der Waals surface area contributed by atoms with Crippen molar-refractivity contribution >= 4 is 21.8 Å². The lowest BCUT2D eigenvalue weighted by Gasteiger charge is -2.09. The molecule has 0 aromatic heterocycles. The van der Waals surface area contributed by atoms with Gasteiger partial charge in [-0.15, -0.1) is 0 Å². The number of nitrogens with one attached hydrogen (secondary N) is 1. The van der Waals surface area contributed by atoms with E-state index in [0.29, 0.717) is 17.1 Å². The average Bonchev–Trinajstić information content (AvgIpc) is 2.41. The molecule has 0 atom stereocenters. The molecule has 0 aliphatic carbocycles. The van der Waals surface area contributed by atoms with Crippen LogP contribution in [-0.4, -0.2) is 12.9 Å². The molecule has 3 N–H and O–H groups in total. The minimum atomic E-state index is 0.0391. The van der Waals surface area contributed by atoms with Crippen LogP contribution >= 0.6 is 15.9 Å². The smallest absolute Gasteiger partial charge is 0.141 e. The van der Waals surface area contributed by atoms with E-state index in [9.17, 15) is 0 Å². The summed E-state index contributed by atoms with van der Waals surface area (Å²) in [6.07, 6.45) is 0. The highest BCUT2D eigenvalue weighted by Crippen LogP contribution is 2.32. The van der Waals surface area contributed by atoms with Crippen LogP contribution < -0.4 is 15.2 Å². The summed E-state index contributed by atoms with van der Waals surface area (Å²) >= 11 is 3.42. The Kier molecular flexibility index (Phi) is 4.06. The predicted molar refractivity (Wildman–Crippen MR) is 78.2 cm³/mol. The number of methoxy groups -OCH3 is 1. The summed E-state index contributed by atoms with van der Waals surface area (Å²) in [5, 5.41) is 7.32. The standard InChI is InChI=1S/C14H13BrN2O2/c1-18-11-6-7-13(12(15)8-11)19-10-4-2-9(3-5-10)14(16)17/h2-8H,1H3,(H3,16,17). The fraction of sp³-hybridized carbons (Fsp3) is 0.0714. The van der Waals surface area contributed by atoms with Crippen molar-refractivity contribution in [2.75, 3.05) is 7.11 Å². The van der Waals surface area contributed by atoms with Crippen molar-refractivity contribution in [2.24, 2.45) is 5.73 Å². The van der Waals surface area contributed by atoms with Crippen LogP contribution in [0, 0.1) is 5.41 Å². The molecule has 0 heterocycles. The molecule has 5 heteroatoms. The van der Waals surface area contributed by atoms with E-state index in [-0.39, 0.29) is 5.84 Å². The molecule has 0 spiro atoms. The highest BCUT2D eigenvalue weighted by molar-refractivity contribution is 9.10. The van der Waals surface area contributed by atoms with Gasteiger partial charge in [-0.2, -0.15) is 0 Å². The number of hydrogen-bond donors (Lipinski definition) is 2. The highest BCUT2D eigenvalue weighted by atomic mass is 79.9. The number of benzene rings is 2. The third-order valence-corrected chi connectivity index (χ3v) is 3.15. The third-order valence-electron chi connectivity index (χ3n) is 2.53. The first kappa shape index (κ1) is 13.4. The van der Waals surface area contributed by atoms with Crippen molar-refractivity contribution in [1.29, 1.82) is 5.41 Å². The van der Waals surface area contributed by atoms with Gasteiger partial charge in [-0.1, -0.05) is 0 Å². The van der Waals surface area contributed by atoms with Crippen molar-refractivity contribution in [3.8, 4) is 17.2 Å². The molecule has 0 aliphatic rings. The van der Waals surface area contributed by atoms with E-state index in [0.717, 1.165) is 10.2 Å². The van der Waals surface area contributed by atoms with Gasteiger partial charge in [0, 0.05) is 5.56 Å². The summed E-state index contributed by atoms with van der Waals surface area (Å²) in [6.45, 7) is 0. The fourth-order valence-corrected chi connectivity index (χ4v) is 1.96. The van der Waals surface area contributed by atoms with Crippen LogP contribution in [0.1, 0.15) is 5.56 Å². The molecular weight excluding hydrogens is 308 g/mol. The Hall–Kier alpha value is -2.01. The molecule has 0 radical (unpaired) electrons. The van der Waals surface area contributed by atoms with Gasteiger partial charge in [0.25, 0.3) is 0 Å². The Morgan fingerprint density at radius 2 is 1.74 bits per heavy atom. The Balaban J connectivity index is 2.19. The van der Waals surface area contributed by atoms with Gasteiger partial charge in [0.05, 0.1) is 11.6 Å². The zero-order chi connectivity index (χ0) is 13.8. The summed E-state index contributed by atoms with van der Waals surface area (Å²) in [6, 6.07) is 12.5. The largest absolute Gasteiger partial charge is 0.497 e. The van der Waals surface area contributed by atoms with Crippen molar-refractivity contribution in [3.63, 3.8) is 0 Å². The van der Waals surface area contributed by atoms with Gasteiger partial charge >= 0.3 is 0 Å². The Morgan fingerprint density at radius 3 is 2.26 bits per heavy atom. The number of rotatable bonds is 4. The van der Waals surface area contributed by atoms with Crippen LogP contribution in [0.25, 0.3) is 0 Å². The van der Waals surface area contributed by atoms with Crippen molar-refractivity contribution in [2.45, 2.75) is 0 Å². The van der Waals surface area contributed by atoms with E-state index in [2.05, 4.69) is 15.9 Å². The van der Waals surface area contributed by atoms with E-state index < -0.39 is 0 Å². The van der Waals surface area contributed by atoms with Crippen molar-refractivity contribution in [3.05, 3.63) is 52.5 Å². The molecule has 0 fully saturated rings. The summed E-state index contributed by atoms with van der Waals surface area (Å²) in [7, 11) is 1.61. The number of ether oxygens (including phenoxy) is 2. The molecule has 0 saturated heterocycles. The topological polar surface area (TPSA) is 68.3 Å². The molecule has 2 aromatic rings. The van der Waals surface area contributed by atoms with Crippen LogP contribution in [0.5, 0.6) is 17.2 Å². The first-order chi connectivity index (χ1) is 9.10. The molecule has 0 unspecified atom stereocenters. The first-order valence-corrected chi connectivity index (χ1v) is 6.35. The van der Waals surface area contributed by atoms with Gasteiger partial charge in [-0.3, -0.25) is 5.41 Å². The SMILES string of the molecule is COc1ccc(Oc2ccc(C(=N)N)cc2)c(Br)c1. The first-order valence-electron chi connectivity index (χ1n) is 5.56. The Morgan fingerprint density at radius 1 is 1.11 bits per heavy atom. The molecule has 0 saturated carbocycles. The van der Waals surface area contributed by atoms with Crippen molar-refractivity contribution in [1.82, 2.24) is 0 Å². The van der Waals surface area contributed by atoms with Crippen LogP contribution in [-0.2, 0) is 0 Å². The predicted octanol–water partition coefficient (Wildman–Crippen LogP) is 3.53. The third kappa shape index (κ3) is 3.26.